The van der Waals surface area contributed by atoms with Crippen molar-refractivity contribution in [2.45, 2.75) is 32.4 Å². The van der Waals surface area contributed by atoms with Crippen molar-refractivity contribution in [2.75, 3.05) is 27.3 Å². The SMILES string of the molecule is COc1cc(OC)c(CN2CCC(Oc3cc(C)nc4c(F)cccc34)CC2)c(C(=O)O)c1. The number of benzene rings is 2. The third-order valence-electron chi connectivity index (χ3n) is 5.96. The number of likely N-dealkylation sites (tertiary alicyclic amines) is 1. The van der Waals surface area contributed by atoms with Gasteiger partial charge in [0, 0.05) is 48.4 Å². The van der Waals surface area contributed by atoms with Crippen molar-refractivity contribution < 1.29 is 28.5 Å². The fraction of sp³-hybridized carbons (Fsp3) is 0.360. The Morgan fingerprint density at radius 2 is 1.91 bits per heavy atom. The first kappa shape index (κ1) is 22.8. The Labute approximate surface area is 191 Å². The summed E-state index contributed by atoms with van der Waals surface area (Å²) in [6.07, 6.45) is 1.50. The molecule has 1 fully saturated rings. The van der Waals surface area contributed by atoms with Crippen molar-refractivity contribution in [1.82, 2.24) is 9.88 Å². The molecule has 174 valence electrons. The lowest BCUT2D eigenvalue weighted by atomic mass is 10.0. The number of aryl methyl sites for hydroxylation is 1. The molecule has 0 atom stereocenters. The van der Waals surface area contributed by atoms with Crippen LogP contribution in [-0.4, -0.2) is 54.4 Å². The number of aromatic nitrogens is 1. The minimum Gasteiger partial charge on any atom is -0.497 e. The minimum atomic E-state index is -1.02. The maximum atomic E-state index is 14.2. The number of carbonyl (C=O) groups is 1. The van der Waals surface area contributed by atoms with E-state index in [9.17, 15) is 14.3 Å². The first-order valence-corrected chi connectivity index (χ1v) is 10.8. The van der Waals surface area contributed by atoms with Crippen LogP contribution in [0.5, 0.6) is 17.2 Å². The standard InChI is InChI=1S/C25H27FN2O5/c1-15-11-23(18-5-4-6-21(26)24(18)27-15)33-16-7-9-28(10-8-16)14-20-19(25(29)30)12-17(31-2)13-22(20)32-3/h4-6,11-13,16H,7-10,14H2,1-3H3,(H,29,30). The number of piperidine rings is 1. The largest absolute Gasteiger partial charge is 0.497 e. The Hall–Kier alpha value is -3.39. The Morgan fingerprint density at radius 3 is 2.58 bits per heavy atom. The summed E-state index contributed by atoms with van der Waals surface area (Å²) in [5, 5.41) is 10.4. The molecule has 3 aromatic rings. The van der Waals surface area contributed by atoms with Crippen molar-refractivity contribution >= 4 is 16.9 Å². The number of pyridine rings is 1. The number of hydrogen-bond acceptors (Lipinski definition) is 6. The summed E-state index contributed by atoms with van der Waals surface area (Å²) in [4.78, 5) is 18.3. The van der Waals surface area contributed by atoms with E-state index in [-0.39, 0.29) is 17.5 Å². The number of para-hydroxylation sites is 1. The third-order valence-corrected chi connectivity index (χ3v) is 5.96. The lowest BCUT2D eigenvalue weighted by molar-refractivity contribution is 0.0689. The van der Waals surface area contributed by atoms with Gasteiger partial charge in [-0.05, 0) is 38.0 Å². The summed E-state index contributed by atoms with van der Waals surface area (Å²) >= 11 is 0. The highest BCUT2D eigenvalue weighted by molar-refractivity contribution is 5.91. The van der Waals surface area contributed by atoms with Gasteiger partial charge in [-0.15, -0.1) is 0 Å². The molecule has 2 heterocycles. The molecule has 1 aromatic heterocycles. The number of fused-ring (bicyclic) bond motifs is 1. The van der Waals surface area contributed by atoms with Gasteiger partial charge in [0.25, 0.3) is 0 Å². The van der Waals surface area contributed by atoms with Gasteiger partial charge in [-0.2, -0.15) is 0 Å². The third kappa shape index (κ3) is 4.85. The van der Waals surface area contributed by atoms with Crippen LogP contribution in [-0.2, 0) is 6.54 Å². The van der Waals surface area contributed by atoms with Gasteiger partial charge < -0.3 is 19.3 Å². The molecular weight excluding hydrogens is 427 g/mol. The molecule has 0 amide bonds. The molecule has 1 saturated heterocycles. The van der Waals surface area contributed by atoms with Crippen LogP contribution in [0, 0.1) is 12.7 Å². The first-order valence-electron chi connectivity index (χ1n) is 10.8. The molecule has 33 heavy (non-hydrogen) atoms. The van der Waals surface area contributed by atoms with Gasteiger partial charge >= 0.3 is 5.97 Å². The highest BCUT2D eigenvalue weighted by atomic mass is 19.1. The molecule has 8 heteroatoms. The van der Waals surface area contributed by atoms with Crippen LogP contribution in [0.3, 0.4) is 0 Å². The monoisotopic (exact) mass is 454 g/mol. The van der Waals surface area contributed by atoms with E-state index >= 15 is 0 Å². The van der Waals surface area contributed by atoms with E-state index in [1.807, 2.05) is 19.1 Å². The Kier molecular flexibility index (Phi) is 6.65. The maximum Gasteiger partial charge on any atom is 0.336 e. The fourth-order valence-corrected chi connectivity index (χ4v) is 4.26. The van der Waals surface area contributed by atoms with E-state index < -0.39 is 5.97 Å². The van der Waals surface area contributed by atoms with Crippen molar-refractivity contribution in [1.29, 1.82) is 0 Å². The van der Waals surface area contributed by atoms with Crippen LogP contribution in [0.4, 0.5) is 4.39 Å². The molecular formula is C25H27FN2O5. The summed E-state index contributed by atoms with van der Waals surface area (Å²) < 4.78 is 31.1. The number of hydrogen-bond donors (Lipinski definition) is 1. The molecule has 7 nitrogen and oxygen atoms in total. The normalized spacial score (nSPS) is 14.9. The molecule has 2 aromatic carbocycles. The minimum absolute atomic E-state index is 0.0220. The predicted molar refractivity (Wildman–Crippen MR) is 122 cm³/mol. The smallest absolute Gasteiger partial charge is 0.336 e. The van der Waals surface area contributed by atoms with Crippen molar-refractivity contribution in [3.8, 4) is 17.2 Å². The number of rotatable bonds is 7. The first-order chi connectivity index (χ1) is 15.9. The van der Waals surface area contributed by atoms with Crippen LogP contribution in [0.25, 0.3) is 10.9 Å². The molecule has 0 bridgehead atoms. The zero-order chi connectivity index (χ0) is 23.5. The number of nitrogens with zero attached hydrogens (tertiary/aromatic N) is 2. The predicted octanol–water partition coefficient (Wildman–Crippen LogP) is 4.44. The average Bonchev–Trinajstić information content (AvgIpc) is 2.81. The second kappa shape index (κ2) is 9.62. The number of methoxy groups -OCH3 is 2. The van der Waals surface area contributed by atoms with E-state index in [4.69, 9.17) is 14.2 Å². The molecule has 0 unspecified atom stereocenters. The maximum absolute atomic E-state index is 14.2. The van der Waals surface area contributed by atoms with E-state index in [1.54, 1.807) is 12.1 Å². The summed E-state index contributed by atoms with van der Waals surface area (Å²) in [6.45, 7) is 3.73. The Balaban J connectivity index is 1.47. The summed E-state index contributed by atoms with van der Waals surface area (Å²) in [5.41, 5.74) is 1.81. The molecule has 0 radical (unpaired) electrons. The molecule has 0 aliphatic carbocycles. The van der Waals surface area contributed by atoms with Gasteiger partial charge in [-0.25, -0.2) is 14.2 Å². The summed E-state index contributed by atoms with van der Waals surface area (Å²) in [6, 6.07) is 9.94. The highest BCUT2D eigenvalue weighted by Crippen LogP contribution is 2.32. The lowest BCUT2D eigenvalue weighted by Crippen LogP contribution is -2.38. The number of halogens is 1. The van der Waals surface area contributed by atoms with Gasteiger partial charge in [-0.3, -0.25) is 4.90 Å². The van der Waals surface area contributed by atoms with Gasteiger partial charge in [0.2, 0.25) is 0 Å². The van der Waals surface area contributed by atoms with Crippen LogP contribution < -0.4 is 14.2 Å². The molecule has 1 aliphatic rings. The number of aromatic carboxylic acids is 1. The average molecular weight is 454 g/mol. The second-order valence-electron chi connectivity index (χ2n) is 8.15. The molecule has 4 rings (SSSR count). The Morgan fingerprint density at radius 1 is 1.15 bits per heavy atom. The zero-order valence-electron chi connectivity index (χ0n) is 18.9. The van der Waals surface area contributed by atoms with E-state index in [0.29, 0.717) is 46.0 Å². The lowest BCUT2D eigenvalue weighted by Gasteiger charge is -2.33. The fourth-order valence-electron chi connectivity index (χ4n) is 4.26. The van der Waals surface area contributed by atoms with Crippen LogP contribution in [0.2, 0.25) is 0 Å². The van der Waals surface area contributed by atoms with Crippen LogP contribution in [0.1, 0.15) is 34.5 Å². The van der Waals surface area contributed by atoms with Gasteiger partial charge in [-0.1, -0.05) is 6.07 Å². The number of carboxylic acids is 1. The van der Waals surface area contributed by atoms with Crippen molar-refractivity contribution in [2.24, 2.45) is 0 Å². The van der Waals surface area contributed by atoms with Crippen LogP contribution >= 0.6 is 0 Å². The second-order valence-corrected chi connectivity index (χ2v) is 8.15. The van der Waals surface area contributed by atoms with Gasteiger partial charge in [0.15, 0.2) is 0 Å². The topological polar surface area (TPSA) is 81.1 Å². The van der Waals surface area contributed by atoms with E-state index in [2.05, 4.69) is 9.88 Å². The summed E-state index contributed by atoms with van der Waals surface area (Å²) in [5.74, 6) is 0.189. The molecule has 0 spiro atoms. The van der Waals surface area contributed by atoms with Crippen LogP contribution in [0.15, 0.2) is 36.4 Å². The quantitative estimate of drug-likeness (QED) is 0.565. The van der Waals surface area contributed by atoms with E-state index in [0.717, 1.165) is 25.9 Å². The number of ether oxygens (including phenoxy) is 3. The highest BCUT2D eigenvalue weighted by Gasteiger charge is 2.25. The number of carboxylic acid groups (broad SMARTS) is 1. The molecule has 1 N–H and O–H groups in total. The van der Waals surface area contributed by atoms with Crippen molar-refractivity contribution in [3.05, 3.63) is 59.0 Å². The van der Waals surface area contributed by atoms with Crippen molar-refractivity contribution in [3.63, 3.8) is 0 Å². The Bertz CT molecular complexity index is 1180. The molecule has 1 aliphatic heterocycles. The summed E-state index contributed by atoms with van der Waals surface area (Å²) in [7, 11) is 3.01. The van der Waals surface area contributed by atoms with Gasteiger partial charge in [0.05, 0.1) is 19.8 Å². The van der Waals surface area contributed by atoms with Gasteiger partial charge in [0.1, 0.15) is 34.7 Å². The van der Waals surface area contributed by atoms with E-state index in [1.165, 1.54) is 26.4 Å². The molecule has 0 saturated carbocycles. The zero-order valence-corrected chi connectivity index (χ0v) is 18.9.